The van der Waals surface area contributed by atoms with E-state index in [0.717, 1.165) is 15.8 Å². The minimum Gasteiger partial charge on any atom is -0.439 e. The lowest BCUT2D eigenvalue weighted by Crippen LogP contribution is -2.42. The van der Waals surface area contributed by atoms with Crippen molar-refractivity contribution in [2.45, 2.75) is 12.5 Å². The van der Waals surface area contributed by atoms with Gasteiger partial charge in [0, 0.05) is 35.8 Å². The van der Waals surface area contributed by atoms with Crippen LogP contribution < -0.4 is 0 Å². The van der Waals surface area contributed by atoms with Crippen LogP contribution in [0.25, 0.3) is 10.9 Å². The predicted octanol–water partition coefficient (Wildman–Crippen LogP) is 1.36. The number of nitrogens with one attached hydrogen (secondary N) is 1. The molecule has 2 aromatic rings. The molecule has 3 amide bonds. The normalized spacial score (nSPS) is 21.3. The molecule has 118 valence electrons. The van der Waals surface area contributed by atoms with Crippen molar-refractivity contribution in [2.24, 2.45) is 0 Å². The lowest BCUT2D eigenvalue weighted by atomic mass is 10.1. The molecule has 1 unspecified atom stereocenters. The topological polar surface area (TPSA) is 82.7 Å². The Morgan fingerprint density at radius 1 is 1.26 bits per heavy atom. The number of likely N-dealkylation sites (tertiary alicyclic amines) is 1. The Morgan fingerprint density at radius 2 is 2.13 bits per heavy atom. The van der Waals surface area contributed by atoms with Crippen molar-refractivity contribution in [3.05, 3.63) is 36.0 Å². The number of imide groups is 1. The van der Waals surface area contributed by atoms with Gasteiger partial charge in [0.25, 0.3) is 11.8 Å². The van der Waals surface area contributed by atoms with Crippen molar-refractivity contribution < 1.29 is 19.1 Å². The zero-order valence-electron chi connectivity index (χ0n) is 12.3. The standard InChI is InChI=1S/C16H15N3O4/c20-14-9-23-16(22)19(14)12-4-6-18(8-12)15(21)11-1-2-13-10(7-11)3-5-17-13/h1-3,5,7,12,17H,4,6,8-9H2. The molecule has 0 saturated carbocycles. The fourth-order valence-electron chi connectivity index (χ4n) is 3.22. The number of cyclic esters (lactones) is 1. The number of carbonyl (C=O) groups excluding carboxylic acids is 3. The van der Waals surface area contributed by atoms with Crippen LogP contribution in [0.5, 0.6) is 0 Å². The average Bonchev–Trinajstić information content (AvgIpc) is 3.26. The SMILES string of the molecule is O=C(c1ccc2[nH]ccc2c1)N1CCC(N2C(=O)COC2=O)C1. The van der Waals surface area contributed by atoms with Crippen molar-refractivity contribution in [1.82, 2.24) is 14.8 Å². The molecule has 7 heteroatoms. The van der Waals surface area contributed by atoms with E-state index in [1.54, 1.807) is 11.0 Å². The van der Waals surface area contributed by atoms with Crippen LogP contribution in [0.4, 0.5) is 4.79 Å². The Morgan fingerprint density at radius 3 is 2.91 bits per heavy atom. The first-order valence-corrected chi connectivity index (χ1v) is 7.49. The molecule has 7 nitrogen and oxygen atoms in total. The molecule has 2 aliphatic rings. The van der Waals surface area contributed by atoms with Crippen molar-refractivity contribution in [3.63, 3.8) is 0 Å². The summed E-state index contributed by atoms with van der Waals surface area (Å²) in [6, 6.07) is 7.12. The first kappa shape index (κ1) is 13.8. The van der Waals surface area contributed by atoms with E-state index in [1.807, 2.05) is 24.4 Å². The quantitative estimate of drug-likeness (QED) is 0.907. The third-order valence-electron chi connectivity index (χ3n) is 4.40. The molecule has 2 saturated heterocycles. The molecular formula is C16H15N3O4. The molecule has 0 aliphatic carbocycles. The van der Waals surface area contributed by atoms with Crippen LogP contribution in [0.3, 0.4) is 0 Å². The maximum Gasteiger partial charge on any atom is 0.417 e. The van der Waals surface area contributed by atoms with Gasteiger partial charge in [-0.15, -0.1) is 0 Å². The summed E-state index contributed by atoms with van der Waals surface area (Å²) in [7, 11) is 0. The number of amides is 3. The van der Waals surface area contributed by atoms with Crippen molar-refractivity contribution in [3.8, 4) is 0 Å². The van der Waals surface area contributed by atoms with Crippen molar-refractivity contribution in [2.75, 3.05) is 19.7 Å². The van der Waals surface area contributed by atoms with Gasteiger partial charge in [-0.25, -0.2) is 9.69 Å². The van der Waals surface area contributed by atoms with E-state index in [9.17, 15) is 14.4 Å². The molecular weight excluding hydrogens is 298 g/mol. The number of ether oxygens (including phenoxy) is 1. The van der Waals surface area contributed by atoms with Gasteiger partial charge in [-0.2, -0.15) is 0 Å². The zero-order valence-corrected chi connectivity index (χ0v) is 12.3. The number of fused-ring (bicyclic) bond motifs is 1. The molecule has 1 N–H and O–H groups in total. The molecule has 0 spiro atoms. The van der Waals surface area contributed by atoms with Gasteiger partial charge in [-0.05, 0) is 30.7 Å². The summed E-state index contributed by atoms with van der Waals surface area (Å²) in [6.07, 6.45) is 1.80. The van der Waals surface area contributed by atoms with Gasteiger partial charge in [0.2, 0.25) is 0 Å². The van der Waals surface area contributed by atoms with Crippen LogP contribution >= 0.6 is 0 Å². The lowest BCUT2D eigenvalue weighted by Gasteiger charge is -2.20. The second kappa shape index (κ2) is 5.12. The van der Waals surface area contributed by atoms with Crippen molar-refractivity contribution in [1.29, 1.82) is 0 Å². The fourth-order valence-corrected chi connectivity index (χ4v) is 3.22. The summed E-state index contributed by atoms with van der Waals surface area (Å²) < 4.78 is 4.74. The van der Waals surface area contributed by atoms with Gasteiger partial charge in [0.15, 0.2) is 6.61 Å². The molecule has 2 aliphatic heterocycles. The monoisotopic (exact) mass is 313 g/mol. The number of carbonyl (C=O) groups is 3. The van der Waals surface area contributed by atoms with E-state index in [4.69, 9.17) is 4.74 Å². The van der Waals surface area contributed by atoms with E-state index in [1.165, 1.54) is 0 Å². The predicted molar refractivity (Wildman–Crippen MR) is 80.8 cm³/mol. The Balaban J connectivity index is 1.51. The molecule has 0 radical (unpaired) electrons. The Bertz CT molecular complexity index is 797. The number of aromatic nitrogens is 1. The lowest BCUT2D eigenvalue weighted by molar-refractivity contribution is -0.127. The summed E-state index contributed by atoms with van der Waals surface area (Å²) in [5.41, 5.74) is 1.58. The zero-order chi connectivity index (χ0) is 16.0. The summed E-state index contributed by atoms with van der Waals surface area (Å²) in [5, 5.41) is 0.977. The number of rotatable bonds is 2. The number of hydrogen-bond donors (Lipinski definition) is 1. The first-order chi connectivity index (χ1) is 11.1. The van der Waals surface area contributed by atoms with Crippen LogP contribution in [-0.4, -0.2) is 58.4 Å². The highest BCUT2D eigenvalue weighted by Crippen LogP contribution is 2.23. The number of aromatic amines is 1. The molecule has 23 heavy (non-hydrogen) atoms. The molecule has 1 aromatic carbocycles. The van der Waals surface area contributed by atoms with Crippen molar-refractivity contribution >= 4 is 28.8 Å². The highest BCUT2D eigenvalue weighted by molar-refractivity contribution is 5.99. The number of hydrogen-bond acceptors (Lipinski definition) is 4. The Hall–Kier alpha value is -2.83. The summed E-state index contributed by atoms with van der Waals surface area (Å²) in [4.78, 5) is 41.9. The van der Waals surface area contributed by atoms with Gasteiger partial charge >= 0.3 is 6.09 Å². The maximum atomic E-state index is 12.6. The largest absolute Gasteiger partial charge is 0.439 e. The molecule has 1 atom stereocenters. The Labute approximate surface area is 131 Å². The summed E-state index contributed by atoms with van der Waals surface area (Å²) in [5.74, 6) is -0.418. The van der Waals surface area contributed by atoms with Crippen LogP contribution in [0.15, 0.2) is 30.5 Å². The molecule has 1 aromatic heterocycles. The molecule has 3 heterocycles. The second-order valence-electron chi connectivity index (χ2n) is 5.79. The fraction of sp³-hybridized carbons (Fsp3) is 0.312. The molecule has 4 rings (SSSR count). The maximum absolute atomic E-state index is 12.6. The number of benzene rings is 1. The van der Waals surface area contributed by atoms with E-state index >= 15 is 0 Å². The third-order valence-corrected chi connectivity index (χ3v) is 4.40. The minimum absolute atomic E-state index is 0.0874. The molecule has 0 bridgehead atoms. The van der Waals surface area contributed by atoms with E-state index < -0.39 is 6.09 Å². The first-order valence-electron chi connectivity index (χ1n) is 7.49. The smallest absolute Gasteiger partial charge is 0.417 e. The average molecular weight is 313 g/mol. The highest BCUT2D eigenvalue weighted by Gasteiger charge is 2.41. The van der Waals surface area contributed by atoms with Crippen LogP contribution in [0.2, 0.25) is 0 Å². The van der Waals surface area contributed by atoms with Gasteiger partial charge in [-0.1, -0.05) is 0 Å². The van der Waals surface area contributed by atoms with Gasteiger partial charge in [0.1, 0.15) is 0 Å². The number of H-pyrrole nitrogens is 1. The Kier molecular flexibility index (Phi) is 3.07. The summed E-state index contributed by atoms with van der Waals surface area (Å²) >= 11 is 0. The van der Waals surface area contributed by atoms with Crippen LogP contribution in [-0.2, 0) is 9.53 Å². The van der Waals surface area contributed by atoms with Crippen LogP contribution in [0.1, 0.15) is 16.8 Å². The minimum atomic E-state index is -0.608. The van der Waals surface area contributed by atoms with E-state index in [-0.39, 0.29) is 24.5 Å². The van der Waals surface area contributed by atoms with E-state index in [0.29, 0.717) is 25.1 Å². The number of nitrogens with zero attached hydrogens (tertiary/aromatic N) is 2. The van der Waals surface area contributed by atoms with Gasteiger partial charge in [-0.3, -0.25) is 9.59 Å². The third kappa shape index (κ3) is 2.25. The van der Waals surface area contributed by atoms with Gasteiger partial charge < -0.3 is 14.6 Å². The molecule has 2 fully saturated rings. The second-order valence-corrected chi connectivity index (χ2v) is 5.79. The van der Waals surface area contributed by atoms with E-state index in [2.05, 4.69) is 4.98 Å². The van der Waals surface area contributed by atoms with Crippen LogP contribution in [0, 0.1) is 0 Å². The van der Waals surface area contributed by atoms with Gasteiger partial charge in [0.05, 0.1) is 6.04 Å². The highest BCUT2D eigenvalue weighted by atomic mass is 16.6. The summed E-state index contributed by atoms with van der Waals surface area (Å²) in [6.45, 7) is 0.671.